The van der Waals surface area contributed by atoms with Gasteiger partial charge in [0.15, 0.2) is 12.9 Å². The van der Waals surface area contributed by atoms with Gasteiger partial charge < -0.3 is 15.2 Å². The van der Waals surface area contributed by atoms with Crippen LogP contribution in [-0.2, 0) is 11.3 Å². The van der Waals surface area contributed by atoms with Gasteiger partial charge in [-0.25, -0.2) is 14.3 Å². The number of rotatable bonds is 3. The summed E-state index contributed by atoms with van der Waals surface area (Å²) in [6.07, 6.45) is 2.11. The van der Waals surface area contributed by atoms with E-state index in [2.05, 4.69) is 4.98 Å². The third kappa shape index (κ3) is 2.71. The molecule has 0 atom stereocenters. The normalized spacial score (nSPS) is 8.92. The molecule has 0 fully saturated rings. The Morgan fingerprint density at radius 1 is 1.77 bits per heavy atom. The lowest BCUT2D eigenvalue weighted by atomic mass is 10.6. The predicted molar refractivity (Wildman–Crippen MR) is 43.8 cm³/mol. The smallest absolute Gasteiger partial charge is 0.346 e. The monoisotopic (exact) mass is 207 g/mol. The Labute approximate surface area is 78.6 Å². The number of aliphatic carboxylic acids is 1. The van der Waals surface area contributed by atoms with E-state index in [0.717, 1.165) is 17.1 Å². The fourth-order valence-electron chi connectivity index (χ4n) is 0.733. The largest absolute Gasteiger partial charge is 0.478 e. The number of carbonyl (C=O) groups is 1. The lowest BCUT2D eigenvalue weighted by Gasteiger charge is -1.95. The van der Waals surface area contributed by atoms with Crippen LogP contribution < -0.4 is 0 Å². The Morgan fingerprint density at radius 2 is 2.38 bits per heavy atom. The maximum atomic E-state index is 10.2. The second kappa shape index (κ2) is 4.41. The van der Waals surface area contributed by atoms with Gasteiger partial charge in [0, 0.05) is 0 Å². The van der Waals surface area contributed by atoms with Gasteiger partial charge in [0.25, 0.3) is 0 Å². The second-order valence-electron chi connectivity index (χ2n) is 2.03. The van der Waals surface area contributed by atoms with Crippen molar-refractivity contribution in [1.29, 1.82) is 0 Å². The Morgan fingerprint density at radius 3 is 2.85 bits per heavy atom. The van der Waals surface area contributed by atoms with E-state index in [0.29, 0.717) is 0 Å². The van der Waals surface area contributed by atoms with Gasteiger partial charge in [0.2, 0.25) is 0 Å². The minimum absolute atomic E-state index is 0. The summed E-state index contributed by atoms with van der Waals surface area (Å²) in [7, 11) is 0. The molecule has 0 aliphatic rings. The third-order valence-electron chi connectivity index (χ3n) is 1.18. The van der Waals surface area contributed by atoms with Crippen molar-refractivity contribution >= 4 is 24.2 Å². The second-order valence-corrected chi connectivity index (χ2v) is 2.03. The summed E-state index contributed by atoms with van der Waals surface area (Å²) in [5.74, 6) is -1.46. The molecule has 0 aliphatic carbocycles. The minimum Gasteiger partial charge on any atom is -0.478 e. The van der Waals surface area contributed by atoms with Crippen molar-refractivity contribution < 1.29 is 14.8 Å². The number of imidazole rings is 1. The lowest BCUT2D eigenvalue weighted by molar-refractivity contribution is -0.392. The first-order valence-corrected chi connectivity index (χ1v) is 2.97. The zero-order valence-corrected chi connectivity index (χ0v) is 7.10. The number of nitrogens with zero attached hydrogens (tertiary/aromatic N) is 3. The maximum absolute atomic E-state index is 10.2. The molecule has 72 valence electrons. The summed E-state index contributed by atoms with van der Waals surface area (Å²) in [5, 5.41) is 18.5. The lowest BCUT2D eigenvalue weighted by Crippen LogP contribution is -2.09. The van der Waals surface area contributed by atoms with Crippen molar-refractivity contribution in [2.45, 2.75) is 6.54 Å². The fraction of sp³-hybridized carbons (Fsp3) is 0.200. The molecule has 1 aromatic rings. The number of halogens is 1. The van der Waals surface area contributed by atoms with Crippen molar-refractivity contribution in [2.75, 3.05) is 0 Å². The van der Waals surface area contributed by atoms with Gasteiger partial charge in [0.05, 0.1) is 0 Å². The fourth-order valence-corrected chi connectivity index (χ4v) is 0.733. The Bertz CT molecular complexity index is 323. The van der Waals surface area contributed by atoms with Crippen molar-refractivity contribution in [3.05, 3.63) is 22.6 Å². The number of nitro groups is 1. The first-order chi connectivity index (χ1) is 5.61. The zero-order valence-electron chi connectivity index (χ0n) is 6.28. The van der Waals surface area contributed by atoms with E-state index in [1.165, 1.54) is 0 Å². The Balaban J connectivity index is 0.00000144. The first kappa shape index (κ1) is 11.4. The molecule has 0 aliphatic heterocycles. The van der Waals surface area contributed by atoms with E-state index in [4.69, 9.17) is 5.11 Å². The van der Waals surface area contributed by atoms with Gasteiger partial charge in [-0.15, -0.1) is 12.4 Å². The molecule has 0 spiro atoms. The molecule has 0 unspecified atom stereocenters. The van der Waals surface area contributed by atoms with E-state index in [1.54, 1.807) is 0 Å². The number of aromatic nitrogens is 2. The van der Waals surface area contributed by atoms with Crippen LogP contribution in [0.2, 0.25) is 0 Å². The molecular weight excluding hydrogens is 202 g/mol. The number of carboxylic acids is 1. The molecule has 0 amide bonds. The predicted octanol–water partition coefficient (Wildman–Crippen LogP) is 0.298. The van der Waals surface area contributed by atoms with Crippen LogP contribution in [0.5, 0.6) is 0 Å². The highest BCUT2D eigenvalue weighted by Crippen LogP contribution is 2.08. The molecule has 1 heterocycles. The molecule has 8 heteroatoms. The zero-order chi connectivity index (χ0) is 9.14. The molecular formula is C5H6ClN3O4. The van der Waals surface area contributed by atoms with Crippen LogP contribution in [0.25, 0.3) is 0 Å². The minimum atomic E-state index is -1.14. The van der Waals surface area contributed by atoms with Crippen molar-refractivity contribution in [2.24, 2.45) is 0 Å². The number of hydrogen-bond donors (Lipinski definition) is 1. The summed E-state index contributed by atoms with van der Waals surface area (Å²) in [6.45, 7) is -0.448. The summed E-state index contributed by atoms with van der Waals surface area (Å²) < 4.78 is 0.947. The highest BCUT2D eigenvalue weighted by atomic mass is 35.5. The quantitative estimate of drug-likeness (QED) is 0.568. The summed E-state index contributed by atoms with van der Waals surface area (Å²) in [5.41, 5.74) is 0. The van der Waals surface area contributed by atoms with Crippen LogP contribution in [0, 0.1) is 10.1 Å². The highest BCUT2D eigenvalue weighted by molar-refractivity contribution is 5.85. The van der Waals surface area contributed by atoms with Crippen LogP contribution in [-0.4, -0.2) is 25.6 Å². The topological polar surface area (TPSA) is 98.3 Å². The van der Waals surface area contributed by atoms with Crippen LogP contribution in [0.15, 0.2) is 12.5 Å². The van der Waals surface area contributed by atoms with Crippen LogP contribution in [0.3, 0.4) is 0 Å². The molecule has 1 aromatic heterocycles. The van der Waals surface area contributed by atoms with Crippen LogP contribution >= 0.6 is 12.4 Å². The Kier molecular flexibility index (Phi) is 3.86. The van der Waals surface area contributed by atoms with Crippen LogP contribution in [0.1, 0.15) is 0 Å². The molecule has 0 saturated carbocycles. The van der Waals surface area contributed by atoms with Gasteiger partial charge >= 0.3 is 11.8 Å². The molecule has 0 bridgehead atoms. The van der Waals surface area contributed by atoms with Gasteiger partial charge in [0.1, 0.15) is 6.20 Å². The highest BCUT2D eigenvalue weighted by Gasteiger charge is 2.14. The molecule has 1 N–H and O–H groups in total. The third-order valence-corrected chi connectivity index (χ3v) is 1.18. The average molecular weight is 208 g/mol. The van der Waals surface area contributed by atoms with Gasteiger partial charge in [-0.05, 0) is 4.92 Å². The van der Waals surface area contributed by atoms with E-state index in [1.807, 2.05) is 0 Å². The molecule has 13 heavy (non-hydrogen) atoms. The number of carboxylic acid groups (broad SMARTS) is 1. The first-order valence-electron chi connectivity index (χ1n) is 2.97. The van der Waals surface area contributed by atoms with E-state index in [9.17, 15) is 14.9 Å². The molecule has 7 nitrogen and oxygen atoms in total. The SMILES string of the molecule is Cl.O=C(O)Cn1cncc1[N+](=O)[O-]. The maximum Gasteiger partial charge on any atom is 0.346 e. The molecule has 1 rings (SSSR count). The van der Waals surface area contributed by atoms with Crippen molar-refractivity contribution in [3.63, 3.8) is 0 Å². The van der Waals surface area contributed by atoms with E-state index in [-0.39, 0.29) is 18.2 Å². The summed E-state index contributed by atoms with van der Waals surface area (Å²) in [6, 6.07) is 0. The molecule has 0 aromatic carbocycles. The van der Waals surface area contributed by atoms with Gasteiger partial charge in [-0.2, -0.15) is 0 Å². The Hall–Kier alpha value is -1.63. The molecule has 0 radical (unpaired) electrons. The van der Waals surface area contributed by atoms with Gasteiger partial charge in [-0.1, -0.05) is 0 Å². The average Bonchev–Trinajstić information content (AvgIpc) is 2.33. The van der Waals surface area contributed by atoms with Crippen LogP contribution in [0.4, 0.5) is 5.82 Å². The van der Waals surface area contributed by atoms with Gasteiger partial charge in [-0.3, -0.25) is 0 Å². The standard InChI is InChI=1S/C5H5N3O4.ClH/c9-5(10)2-7-3-6-1-4(7)8(11)12;/h1,3H,2H2,(H,9,10);1H. The van der Waals surface area contributed by atoms with Crippen molar-refractivity contribution in [1.82, 2.24) is 9.55 Å². The summed E-state index contributed by atoms with van der Waals surface area (Å²) in [4.78, 5) is 23.2. The summed E-state index contributed by atoms with van der Waals surface area (Å²) >= 11 is 0. The van der Waals surface area contributed by atoms with Crippen molar-refractivity contribution in [3.8, 4) is 0 Å². The number of hydrogen-bond acceptors (Lipinski definition) is 4. The van der Waals surface area contributed by atoms with E-state index < -0.39 is 17.4 Å². The van der Waals surface area contributed by atoms with E-state index >= 15 is 0 Å². The molecule has 0 saturated heterocycles.